The summed E-state index contributed by atoms with van der Waals surface area (Å²) in [6.45, 7) is 3.89. The van der Waals surface area contributed by atoms with E-state index in [1.807, 2.05) is 13.8 Å². The maximum absolute atomic E-state index is 13.1. The van der Waals surface area contributed by atoms with Crippen LogP contribution < -0.4 is 0 Å². The van der Waals surface area contributed by atoms with E-state index in [1.54, 1.807) is 6.07 Å². The van der Waals surface area contributed by atoms with E-state index in [4.69, 9.17) is 0 Å². The summed E-state index contributed by atoms with van der Waals surface area (Å²) >= 11 is 0. The Bertz CT molecular complexity index is 305. The highest BCUT2D eigenvalue weighted by Crippen LogP contribution is 2.19. The van der Waals surface area contributed by atoms with Crippen molar-refractivity contribution in [3.05, 3.63) is 35.1 Å². The first-order valence-electron chi connectivity index (χ1n) is 4.57. The largest absolute Gasteiger partial charge is 0.242 e. The average Bonchev–Trinajstić information content (AvgIpc) is 2.07. The van der Waals surface area contributed by atoms with E-state index in [-0.39, 0.29) is 11.5 Å². The lowest BCUT2D eigenvalue weighted by molar-refractivity contribution is 0.147. The van der Waals surface area contributed by atoms with Crippen LogP contribution in [0.25, 0.3) is 0 Å². The van der Waals surface area contributed by atoms with Gasteiger partial charge in [0.25, 0.3) is 0 Å². The van der Waals surface area contributed by atoms with Gasteiger partial charge in [-0.15, -0.1) is 0 Å². The van der Waals surface area contributed by atoms with Crippen molar-refractivity contribution in [1.82, 2.24) is 0 Å². The van der Waals surface area contributed by atoms with Crippen molar-refractivity contribution in [3.8, 4) is 0 Å². The van der Waals surface area contributed by atoms with Gasteiger partial charge in [0.2, 0.25) is 6.43 Å². The predicted octanol–water partition coefficient (Wildman–Crippen LogP) is 3.76. The van der Waals surface area contributed by atoms with Gasteiger partial charge in [0.1, 0.15) is 5.82 Å². The van der Waals surface area contributed by atoms with Crippen LogP contribution in [0.15, 0.2) is 18.2 Å². The molecule has 0 atom stereocenters. The molecule has 3 heteroatoms. The summed E-state index contributed by atoms with van der Waals surface area (Å²) in [5, 5.41) is 0. The molecule has 0 aliphatic heterocycles. The topological polar surface area (TPSA) is 0 Å². The molecule has 14 heavy (non-hydrogen) atoms. The molecule has 0 spiro atoms. The van der Waals surface area contributed by atoms with E-state index in [0.717, 1.165) is 5.56 Å². The molecule has 1 aromatic rings. The quantitative estimate of drug-likeness (QED) is 0.700. The van der Waals surface area contributed by atoms with E-state index >= 15 is 0 Å². The molecule has 0 saturated heterocycles. The van der Waals surface area contributed by atoms with Gasteiger partial charge in [-0.05, 0) is 23.1 Å². The minimum Gasteiger partial charge on any atom is -0.210 e. The Hall–Kier alpha value is -0.990. The van der Waals surface area contributed by atoms with Gasteiger partial charge in [0.15, 0.2) is 0 Å². The maximum Gasteiger partial charge on any atom is 0.242 e. The van der Waals surface area contributed by atoms with Crippen molar-refractivity contribution in [3.63, 3.8) is 0 Å². The van der Waals surface area contributed by atoms with Crippen LogP contribution >= 0.6 is 0 Å². The second-order valence-corrected chi connectivity index (χ2v) is 3.60. The van der Waals surface area contributed by atoms with Crippen LogP contribution in [-0.4, -0.2) is 6.43 Å². The lowest BCUT2D eigenvalue weighted by Crippen LogP contribution is -2.01. The van der Waals surface area contributed by atoms with Gasteiger partial charge >= 0.3 is 0 Å². The molecule has 1 aromatic carbocycles. The van der Waals surface area contributed by atoms with E-state index in [1.165, 1.54) is 12.1 Å². The summed E-state index contributed by atoms with van der Waals surface area (Å²) in [6.07, 6.45) is -3.00. The monoisotopic (exact) mass is 202 g/mol. The molecule has 0 amide bonds. The van der Waals surface area contributed by atoms with Crippen LogP contribution in [0, 0.1) is 5.82 Å². The van der Waals surface area contributed by atoms with Crippen LogP contribution in [0.3, 0.4) is 0 Å². The summed E-state index contributed by atoms with van der Waals surface area (Å²) < 4.78 is 37.2. The number of benzene rings is 1. The zero-order valence-corrected chi connectivity index (χ0v) is 8.23. The highest BCUT2D eigenvalue weighted by atomic mass is 19.3. The summed E-state index contributed by atoms with van der Waals surface area (Å²) in [6, 6.07) is 4.41. The van der Waals surface area contributed by atoms with Crippen LogP contribution in [0.4, 0.5) is 13.2 Å². The summed E-state index contributed by atoms with van der Waals surface area (Å²) in [4.78, 5) is 0. The van der Waals surface area contributed by atoms with Gasteiger partial charge in [-0.1, -0.05) is 26.0 Å². The lowest BCUT2D eigenvalue weighted by atomic mass is 9.99. The Kier molecular flexibility index (Phi) is 3.55. The fourth-order valence-electron chi connectivity index (χ4n) is 1.28. The molecule has 0 aliphatic rings. The molecule has 78 valence electrons. The van der Waals surface area contributed by atoms with Gasteiger partial charge in [0, 0.05) is 6.42 Å². The van der Waals surface area contributed by atoms with Gasteiger partial charge in [-0.25, -0.2) is 13.2 Å². The standard InChI is InChI=1S/C11H13F3/c1-7(2)8-3-4-10(12)9(5-8)6-11(13)14/h3-5,7,11H,6H2,1-2H3. The molecule has 0 bridgehead atoms. The third-order valence-electron chi connectivity index (χ3n) is 2.11. The van der Waals surface area contributed by atoms with Crippen LogP contribution in [0.5, 0.6) is 0 Å². The Morgan fingerprint density at radius 1 is 1.21 bits per heavy atom. The molecule has 0 aliphatic carbocycles. The Morgan fingerprint density at radius 3 is 2.36 bits per heavy atom. The molecular weight excluding hydrogens is 189 g/mol. The lowest BCUT2D eigenvalue weighted by Gasteiger charge is -2.08. The Labute approximate surface area is 81.8 Å². The van der Waals surface area contributed by atoms with Gasteiger partial charge in [0.05, 0.1) is 0 Å². The minimum atomic E-state index is -2.49. The maximum atomic E-state index is 13.1. The zero-order chi connectivity index (χ0) is 10.7. The van der Waals surface area contributed by atoms with Crippen molar-refractivity contribution < 1.29 is 13.2 Å². The van der Waals surface area contributed by atoms with Crippen molar-refractivity contribution in [2.75, 3.05) is 0 Å². The number of rotatable bonds is 3. The molecule has 1 rings (SSSR count). The molecule has 0 N–H and O–H groups in total. The second-order valence-electron chi connectivity index (χ2n) is 3.60. The third kappa shape index (κ3) is 2.76. The fraction of sp³-hybridized carbons (Fsp3) is 0.455. The average molecular weight is 202 g/mol. The zero-order valence-electron chi connectivity index (χ0n) is 8.23. The van der Waals surface area contributed by atoms with Crippen molar-refractivity contribution in [2.24, 2.45) is 0 Å². The van der Waals surface area contributed by atoms with Crippen molar-refractivity contribution >= 4 is 0 Å². The summed E-state index contributed by atoms with van der Waals surface area (Å²) in [5.41, 5.74) is 0.994. The van der Waals surface area contributed by atoms with Crippen LogP contribution in [-0.2, 0) is 6.42 Å². The van der Waals surface area contributed by atoms with E-state index < -0.39 is 18.7 Å². The first-order chi connectivity index (χ1) is 6.50. The van der Waals surface area contributed by atoms with Crippen LogP contribution in [0.1, 0.15) is 30.9 Å². The molecule has 0 aromatic heterocycles. The second kappa shape index (κ2) is 4.49. The molecule has 0 unspecified atom stereocenters. The minimum absolute atomic E-state index is 0.103. The smallest absolute Gasteiger partial charge is 0.210 e. The Morgan fingerprint density at radius 2 is 1.86 bits per heavy atom. The van der Waals surface area contributed by atoms with E-state index in [0.29, 0.717) is 0 Å². The normalized spacial score (nSPS) is 11.4. The number of hydrogen-bond acceptors (Lipinski definition) is 0. The summed E-state index contributed by atoms with van der Waals surface area (Å²) in [5.74, 6) is -0.318. The van der Waals surface area contributed by atoms with Gasteiger partial charge in [-0.3, -0.25) is 0 Å². The van der Waals surface area contributed by atoms with Gasteiger partial charge in [-0.2, -0.15) is 0 Å². The van der Waals surface area contributed by atoms with E-state index in [9.17, 15) is 13.2 Å². The van der Waals surface area contributed by atoms with Gasteiger partial charge < -0.3 is 0 Å². The first-order valence-corrected chi connectivity index (χ1v) is 4.57. The van der Waals surface area contributed by atoms with Crippen molar-refractivity contribution in [2.45, 2.75) is 32.6 Å². The highest BCUT2D eigenvalue weighted by Gasteiger charge is 2.11. The molecule has 0 nitrogen and oxygen atoms in total. The first kappa shape index (κ1) is 11.1. The Balaban J connectivity index is 2.96. The number of alkyl halides is 2. The molecule has 0 fully saturated rings. The number of halogens is 3. The summed E-state index contributed by atoms with van der Waals surface area (Å²) in [7, 11) is 0. The molecular formula is C11H13F3. The highest BCUT2D eigenvalue weighted by molar-refractivity contribution is 5.27. The molecule has 0 radical (unpaired) electrons. The van der Waals surface area contributed by atoms with Crippen molar-refractivity contribution in [1.29, 1.82) is 0 Å². The fourth-order valence-corrected chi connectivity index (χ4v) is 1.28. The van der Waals surface area contributed by atoms with E-state index in [2.05, 4.69) is 0 Å². The predicted molar refractivity (Wildman–Crippen MR) is 50.2 cm³/mol. The van der Waals surface area contributed by atoms with Crippen LogP contribution in [0.2, 0.25) is 0 Å². The molecule has 0 heterocycles. The molecule has 0 saturated carbocycles. The third-order valence-corrected chi connectivity index (χ3v) is 2.11. The number of hydrogen-bond donors (Lipinski definition) is 0. The SMILES string of the molecule is CC(C)c1ccc(F)c(CC(F)F)c1.